The molecule has 0 amide bonds. The molecule has 3 rings (SSSR count). The highest BCUT2D eigenvalue weighted by molar-refractivity contribution is 5.86. The van der Waals surface area contributed by atoms with Crippen molar-refractivity contribution in [3.05, 3.63) is 18.3 Å². The van der Waals surface area contributed by atoms with E-state index in [4.69, 9.17) is 0 Å². The molecule has 0 atom stereocenters. The zero-order chi connectivity index (χ0) is 13.2. The lowest BCUT2D eigenvalue weighted by atomic mass is 10.4. The number of fused-ring (bicyclic) bond motifs is 1. The van der Waals surface area contributed by atoms with Gasteiger partial charge in [-0.15, -0.1) is 0 Å². The normalized spacial score (nSPS) is 10.8. The molecular weight excluding hydrogens is 246 g/mol. The van der Waals surface area contributed by atoms with Gasteiger partial charge in [-0.1, -0.05) is 0 Å². The fourth-order valence-electron chi connectivity index (χ4n) is 1.71. The van der Waals surface area contributed by atoms with Crippen molar-refractivity contribution in [2.75, 3.05) is 17.7 Å². The molecule has 0 aliphatic heterocycles. The summed E-state index contributed by atoms with van der Waals surface area (Å²) in [7, 11) is 3.59. The van der Waals surface area contributed by atoms with Gasteiger partial charge in [0.25, 0.3) is 0 Å². The van der Waals surface area contributed by atoms with Gasteiger partial charge in [0, 0.05) is 14.1 Å². The van der Waals surface area contributed by atoms with Crippen LogP contribution in [0.1, 0.15) is 5.82 Å². The van der Waals surface area contributed by atoms with Crippen LogP contribution in [0.5, 0.6) is 0 Å². The molecule has 0 fully saturated rings. The molecule has 0 unspecified atom stereocenters. The number of hydrogen-bond acceptors (Lipinski definition) is 7. The van der Waals surface area contributed by atoms with Gasteiger partial charge in [-0.25, -0.2) is 4.98 Å². The van der Waals surface area contributed by atoms with E-state index < -0.39 is 0 Å². The monoisotopic (exact) mass is 259 g/mol. The number of anilines is 2. The summed E-state index contributed by atoms with van der Waals surface area (Å²) in [6.07, 6.45) is 3.34. The first-order chi connectivity index (χ1) is 9.26. The van der Waals surface area contributed by atoms with Crippen molar-refractivity contribution in [3.63, 3.8) is 0 Å². The van der Waals surface area contributed by atoms with Gasteiger partial charge in [-0.2, -0.15) is 20.2 Å². The van der Waals surface area contributed by atoms with Crippen LogP contribution in [0.3, 0.4) is 0 Å². The number of hydrogen-bond donors (Lipinski definition) is 3. The molecule has 0 bridgehead atoms. The van der Waals surface area contributed by atoms with Crippen LogP contribution in [0.2, 0.25) is 0 Å². The quantitative estimate of drug-likeness (QED) is 0.611. The fourth-order valence-corrected chi connectivity index (χ4v) is 1.71. The summed E-state index contributed by atoms with van der Waals surface area (Å²) in [6, 6.07) is 0. The van der Waals surface area contributed by atoms with Gasteiger partial charge >= 0.3 is 0 Å². The maximum Gasteiger partial charge on any atom is 0.226 e. The number of aromatic nitrogens is 7. The Morgan fingerprint density at radius 3 is 3.00 bits per heavy atom. The van der Waals surface area contributed by atoms with E-state index >= 15 is 0 Å². The lowest BCUT2D eigenvalue weighted by molar-refractivity contribution is 0.747. The van der Waals surface area contributed by atoms with Crippen molar-refractivity contribution in [1.82, 2.24) is 34.9 Å². The highest BCUT2D eigenvalue weighted by atomic mass is 15.3. The first kappa shape index (κ1) is 11.4. The first-order valence-corrected chi connectivity index (χ1v) is 5.73. The van der Waals surface area contributed by atoms with Crippen LogP contribution >= 0.6 is 0 Å². The lowest BCUT2D eigenvalue weighted by Gasteiger charge is -2.06. The number of rotatable bonds is 4. The molecule has 19 heavy (non-hydrogen) atoms. The molecule has 9 heteroatoms. The van der Waals surface area contributed by atoms with E-state index in [9.17, 15) is 0 Å². The number of nitrogens with one attached hydrogen (secondary N) is 3. The average Bonchev–Trinajstić information content (AvgIpc) is 3.04. The second-order valence-corrected chi connectivity index (χ2v) is 3.97. The topological polar surface area (TPSA) is 109 Å². The van der Waals surface area contributed by atoms with Crippen LogP contribution in [-0.2, 0) is 13.6 Å². The molecule has 0 spiro atoms. The van der Waals surface area contributed by atoms with Gasteiger partial charge in [0.15, 0.2) is 11.5 Å². The van der Waals surface area contributed by atoms with Crippen LogP contribution in [0.4, 0.5) is 11.8 Å². The van der Waals surface area contributed by atoms with E-state index in [1.165, 1.54) is 0 Å². The highest BCUT2D eigenvalue weighted by Gasteiger charge is 2.09. The number of aromatic amines is 1. The number of nitrogens with zero attached hydrogens (tertiary/aromatic N) is 6. The van der Waals surface area contributed by atoms with Crippen molar-refractivity contribution >= 4 is 22.8 Å². The Morgan fingerprint density at radius 1 is 1.37 bits per heavy atom. The summed E-state index contributed by atoms with van der Waals surface area (Å²) >= 11 is 0. The Morgan fingerprint density at radius 2 is 2.26 bits per heavy atom. The van der Waals surface area contributed by atoms with Crippen LogP contribution in [0.25, 0.3) is 11.0 Å². The van der Waals surface area contributed by atoms with Crippen molar-refractivity contribution < 1.29 is 0 Å². The van der Waals surface area contributed by atoms with E-state index in [1.807, 2.05) is 7.05 Å². The first-order valence-electron chi connectivity index (χ1n) is 5.73. The fraction of sp³-hybridized carbons (Fsp3) is 0.300. The predicted molar refractivity (Wildman–Crippen MR) is 69.6 cm³/mol. The third-order valence-electron chi connectivity index (χ3n) is 2.59. The largest absolute Gasteiger partial charge is 0.362 e. The minimum absolute atomic E-state index is 0.487. The van der Waals surface area contributed by atoms with Gasteiger partial charge in [0.1, 0.15) is 12.1 Å². The zero-order valence-corrected chi connectivity index (χ0v) is 10.5. The average molecular weight is 259 g/mol. The molecule has 3 aromatic heterocycles. The van der Waals surface area contributed by atoms with Crippen LogP contribution < -0.4 is 10.6 Å². The Balaban J connectivity index is 1.88. The molecule has 3 N–H and O–H groups in total. The maximum atomic E-state index is 4.36. The summed E-state index contributed by atoms with van der Waals surface area (Å²) in [5, 5.41) is 17.9. The van der Waals surface area contributed by atoms with Crippen LogP contribution in [0.15, 0.2) is 12.5 Å². The van der Waals surface area contributed by atoms with Gasteiger partial charge in [-0.3, -0.25) is 9.78 Å². The van der Waals surface area contributed by atoms with Crippen molar-refractivity contribution in [2.24, 2.45) is 7.05 Å². The Hall–Kier alpha value is -2.71. The third kappa shape index (κ3) is 2.17. The van der Waals surface area contributed by atoms with Gasteiger partial charge in [-0.05, 0) is 0 Å². The molecule has 9 nitrogen and oxygen atoms in total. The van der Waals surface area contributed by atoms with Gasteiger partial charge in [0.05, 0.1) is 18.1 Å². The molecule has 0 saturated heterocycles. The van der Waals surface area contributed by atoms with E-state index in [2.05, 4.69) is 40.9 Å². The maximum absolute atomic E-state index is 4.36. The standard InChI is InChI=1S/C10H13N9/c1-11-10-15-8(6-3-14-17-9(6)16-10)12-4-7-13-5-19(2)18-7/h3,5H,4H2,1-2H3,(H3,11,12,14,15,16,17). The van der Waals surface area contributed by atoms with E-state index in [0.717, 1.165) is 5.39 Å². The third-order valence-corrected chi connectivity index (χ3v) is 2.59. The van der Waals surface area contributed by atoms with Crippen LogP contribution in [-0.4, -0.2) is 42.0 Å². The molecule has 3 aromatic rings. The van der Waals surface area contributed by atoms with Crippen molar-refractivity contribution in [1.29, 1.82) is 0 Å². The zero-order valence-electron chi connectivity index (χ0n) is 10.5. The molecule has 0 aliphatic carbocycles. The summed E-state index contributed by atoms with van der Waals surface area (Å²) in [5.41, 5.74) is 0.677. The van der Waals surface area contributed by atoms with Crippen molar-refractivity contribution in [3.8, 4) is 0 Å². The smallest absolute Gasteiger partial charge is 0.226 e. The molecule has 98 valence electrons. The molecule has 0 aliphatic rings. The summed E-state index contributed by atoms with van der Waals surface area (Å²) in [4.78, 5) is 12.8. The summed E-state index contributed by atoms with van der Waals surface area (Å²) < 4.78 is 1.66. The van der Waals surface area contributed by atoms with Gasteiger partial charge < -0.3 is 10.6 Å². The SMILES string of the molecule is CNc1nc(NCc2ncn(C)n2)c2cn[nH]c2n1. The Kier molecular flexibility index (Phi) is 2.71. The van der Waals surface area contributed by atoms with Crippen molar-refractivity contribution in [2.45, 2.75) is 6.54 Å². The molecule has 0 aromatic carbocycles. The number of aryl methyl sites for hydroxylation is 1. The molecule has 0 radical (unpaired) electrons. The summed E-state index contributed by atoms with van der Waals surface area (Å²) in [6.45, 7) is 0.487. The van der Waals surface area contributed by atoms with E-state index in [0.29, 0.717) is 29.8 Å². The Bertz CT molecular complexity index is 698. The summed E-state index contributed by atoms with van der Waals surface area (Å²) in [5.74, 6) is 1.91. The minimum Gasteiger partial charge on any atom is -0.362 e. The van der Waals surface area contributed by atoms with Gasteiger partial charge in [0.2, 0.25) is 5.95 Å². The Labute approximate surface area is 108 Å². The lowest BCUT2D eigenvalue weighted by Crippen LogP contribution is -2.06. The molecular formula is C10H13N9. The number of H-pyrrole nitrogens is 1. The van der Waals surface area contributed by atoms with Crippen LogP contribution in [0, 0.1) is 0 Å². The molecule has 0 saturated carbocycles. The second-order valence-electron chi connectivity index (χ2n) is 3.97. The molecule has 3 heterocycles. The highest BCUT2D eigenvalue weighted by Crippen LogP contribution is 2.19. The second kappa shape index (κ2) is 4.52. The predicted octanol–water partition coefficient (Wildman–Crippen LogP) is 0.135. The van der Waals surface area contributed by atoms with E-state index in [-0.39, 0.29) is 0 Å². The van der Waals surface area contributed by atoms with E-state index in [1.54, 1.807) is 24.3 Å². The minimum atomic E-state index is 0.487.